The molecular formula is C13H13ClN2O2. The van der Waals surface area contributed by atoms with E-state index in [-0.39, 0.29) is 0 Å². The summed E-state index contributed by atoms with van der Waals surface area (Å²) in [6.45, 7) is 2.75. The zero-order chi connectivity index (χ0) is 13.3. The highest BCUT2D eigenvalue weighted by molar-refractivity contribution is 6.32. The van der Waals surface area contributed by atoms with Gasteiger partial charge in [-0.1, -0.05) is 17.7 Å². The lowest BCUT2D eigenvalue weighted by atomic mass is 9.90. The minimum absolute atomic E-state index is 0.400. The summed E-state index contributed by atoms with van der Waals surface area (Å²) in [5.41, 5.74) is 0.374. The molecule has 1 N–H and O–H groups in total. The number of carboxylic acids is 1. The zero-order valence-corrected chi connectivity index (χ0v) is 10.7. The van der Waals surface area contributed by atoms with E-state index in [9.17, 15) is 9.90 Å². The van der Waals surface area contributed by atoms with E-state index < -0.39 is 11.4 Å². The van der Waals surface area contributed by atoms with Crippen LogP contribution in [-0.4, -0.2) is 24.2 Å². The van der Waals surface area contributed by atoms with Gasteiger partial charge in [0.2, 0.25) is 0 Å². The highest BCUT2D eigenvalue weighted by Gasteiger charge is 2.41. The van der Waals surface area contributed by atoms with Crippen LogP contribution in [0.1, 0.15) is 18.9 Å². The molecule has 18 heavy (non-hydrogen) atoms. The molecule has 2 rings (SSSR count). The third kappa shape index (κ3) is 2.02. The molecule has 1 atom stereocenters. The topological polar surface area (TPSA) is 64.3 Å². The van der Waals surface area contributed by atoms with Gasteiger partial charge in [-0.15, -0.1) is 0 Å². The second kappa shape index (κ2) is 4.51. The lowest BCUT2D eigenvalue weighted by molar-refractivity contribution is -0.146. The molecule has 0 radical (unpaired) electrons. The first-order chi connectivity index (χ1) is 8.48. The van der Waals surface area contributed by atoms with Crippen LogP contribution in [0.25, 0.3) is 0 Å². The second-order valence-electron chi connectivity index (χ2n) is 4.78. The third-order valence-corrected chi connectivity index (χ3v) is 3.75. The van der Waals surface area contributed by atoms with Gasteiger partial charge in [0.1, 0.15) is 6.07 Å². The average Bonchev–Trinajstić information content (AvgIpc) is 2.73. The van der Waals surface area contributed by atoms with Gasteiger partial charge in [0, 0.05) is 13.1 Å². The lowest BCUT2D eigenvalue weighted by Gasteiger charge is -2.22. The molecule has 1 unspecified atom stereocenters. The van der Waals surface area contributed by atoms with Crippen molar-refractivity contribution in [1.82, 2.24) is 0 Å². The maximum atomic E-state index is 11.2. The van der Waals surface area contributed by atoms with Gasteiger partial charge < -0.3 is 10.0 Å². The summed E-state index contributed by atoms with van der Waals surface area (Å²) < 4.78 is 0. The van der Waals surface area contributed by atoms with E-state index in [1.165, 1.54) is 0 Å². The number of anilines is 1. The Labute approximate surface area is 110 Å². The van der Waals surface area contributed by atoms with Crippen LogP contribution in [0.5, 0.6) is 0 Å². The molecule has 1 aromatic rings. The predicted molar refractivity (Wildman–Crippen MR) is 68.7 cm³/mol. The summed E-state index contributed by atoms with van der Waals surface area (Å²) in [6, 6.07) is 7.32. The van der Waals surface area contributed by atoms with Crippen LogP contribution in [0.3, 0.4) is 0 Å². The number of carbonyl (C=O) groups is 1. The van der Waals surface area contributed by atoms with Crippen molar-refractivity contribution < 1.29 is 9.90 Å². The minimum atomic E-state index is -0.800. The van der Waals surface area contributed by atoms with Gasteiger partial charge >= 0.3 is 5.97 Å². The minimum Gasteiger partial charge on any atom is -0.481 e. The van der Waals surface area contributed by atoms with E-state index in [0.29, 0.717) is 30.1 Å². The molecule has 0 saturated carbocycles. The number of carboxylic acid groups (broad SMARTS) is 1. The number of benzene rings is 1. The van der Waals surface area contributed by atoms with Crippen LogP contribution in [0.15, 0.2) is 18.2 Å². The van der Waals surface area contributed by atoms with E-state index in [1.54, 1.807) is 25.1 Å². The quantitative estimate of drug-likeness (QED) is 0.891. The number of hydrogen-bond donors (Lipinski definition) is 1. The first-order valence-electron chi connectivity index (χ1n) is 5.65. The first kappa shape index (κ1) is 12.7. The molecule has 94 valence electrons. The van der Waals surface area contributed by atoms with E-state index in [4.69, 9.17) is 16.9 Å². The molecule has 1 fully saturated rings. The fourth-order valence-electron chi connectivity index (χ4n) is 2.23. The van der Waals surface area contributed by atoms with Crippen molar-refractivity contribution in [3.63, 3.8) is 0 Å². The summed E-state index contributed by atoms with van der Waals surface area (Å²) in [5.74, 6) is -0.800. The molecule has 1 heterocycles. The standard InChI is InChI=1S/C13H13ClN2O2/c1-13(12(17)18)5-6-16(8-13)11-4-2-3-10(14)9(11)7-15/h2-4H,5-6,8H2,1H3,(H,17,18). The van der Waals surface area contributed by atoms with Crippen molar-refractivity contribution in [2.75, 3.05) is 18.0 Å². The van der Waals surface area contributed by atoms with Crippen LogP contribution in [0.2, 0.25) is 5.02 Å². The Bertz CT molecular complexity index is 538. The van der Waals surface area contributed by atoms with Crippen LogP contribution in [0.4, 0.5) is 5.69 Å². The van der Waals surface area contributed by atoms with Gasteiger partial charge in [-0.2, -0.15) is 5.26 Å². The highest BCUT2D eigenvalue weighted by Crippen LogP contribution is 2.36. The molecule has 5 heteroatoms. The Hall–Kier alpha value is -1.73. The molecule has 1 aromatic carbocycles. The summed E-state index contributed by atoms with van der Waals surface area (Å²) in [7, 11) is 0. The van der Waals surface area contributed by atoms with E-state index in [2.05, 4.69) is 6.07 Å². The molecule has 1 aliphatic heterocycles. The van der Waals surface area contributed by atoms with Crippen LogP contribution >= 0.6 is 11.6 Å². The molecule has 1 aliphatic rings. The fraction of sp³-hybridized carbons (Fsp3) is 0.385. The van der Waals surface area contributed by atoms with Crippen LogP contribution in [-0.2, 0) is 4.79 Å². The lowest BCUT2D eigenvalue weighted by Crippen LogP contribution is -2.31. The smallest absolute Gasteiger partial charge is 0.311 e. The first-order valence-corrected chi connectivity index (χ1v) is 6.03. The average molecular weight is 265 g/mol. The number of rotatable bonds is 2. The van der Waals surface area contributed by atoms with Crippen LogP contribution < -0.4 is 4.90 Å². The normalized spacial score (nSPS) is 22.8. The zero-order valence-electron chi connectivity index (χ0n) is 9.98. The third-order valence-electron chi connectivity index (χ3n) is 3.43. The van der Waals surface area contributed by atoms with Gasteiger partial charge in [-0.3, -0.25) is 4.79 Å². The Balaban J connectivity index is 2.34. The Morgan fingerprint density at radius 1 is 1.61 bits per heavy atom. The van der Waals surface area contributed by atoms with Crippen molar-refractivity contribution >= 4 is 23.3 Å². The molecule has 0 aromatic heterocycles. The molecule has 0 amide bonds. The number of hydrogen-bond acceptors (Lipinski definition) is 3. The van der Waals surface area contributed by atoms with Gasteiger partial charge in [-0.05, 0) is 25.5 Å². The largest absolute Gasteiger partial charge is 0.481 e. The van der Waals surface area contributed by atoms with E-state index in [1.807, 2.05) is 4.90 Å². The van der Waals surface area contributed by atoms with Gasteiger partial charge in [0.05, 0.1) is 21.7 Å². The Kier molecular flexibility index (Phi) is 3.18. The Morgan fingerprint density at radius 3 is 2.89 bits per heavy atom. The van der Waals surface area contributed by atoms with E-state index in [0.717, 1.165) is 5.69 Å². The summed E-state index contributed by atoms with van der Waals surface area (Å²) in [4.78, 5) is 13.1. The second-order valence-corrected chi connectivity index (χ2v) is 5.19. The monoisotopic (exact) mass is 264 g/mol. The van der Waals surface area contributed by atoms with Crippen LogP contribution in [0, 0.1) is 16.7 Å². The summed E-state index contributed by atoms with van der Waals surface area (Å²) >= 11 is 5.98. The molecule has 4 nitrogen and oxygen atoms in total. The fourth-order valence-corrected chi connectivity index (χ4v) is 2.44. The number of nitrogens with zero attached hydrogens (tertiary/aromatic N) is 2. The summed E-state index contributed by atoms with van der Waals surface area (Å²) in [6.07, 6.45) is 0.569. The van der Waals surface area contributed by atoms with Crippen molar-refractivity contribution in [2.24, 2.45) is 5.41 Å². The molecule has 0 bridgehead atoms. The maximum Gasteiger partial charge on any atom is 0.311 e. The summed E-state index contributed by atoms with van der Waals surface area (Å²) in [5, 5.41) is 18.7. The maximum absolute atomic E-state index is 11.2. The predicted octanol–water partition coefficient (Wildman–Crippen LogP) is 2.51. The number of nitriles is 1. The molecule has 0 aliphatic carbocycles. The number of aliphatic carboxylic acids is 1. The number of halogens is 1. The van der Waals surface area contributed by atoms with Crippen molar-refractivity contribution in [3.05, 3.63) is 28.8 Å². The molecule has 1 saturated heterocycles. The molecular weight excluding hydrogens is 252 g/mol. The SMILES string of the molecule is CC1(C(=O)O)CCN(c2cccc(Cl)c2C#N)C1. The van der Waals surface area contributed by atoms with Gasteiger partial charge in [0.25, 0.3) is 0 Å². The van der Waals surface area contributed by atoms with Crippen molar-refractivity contribution in [2.45, 2.75) is 13.3 Å². The highest BCUT2D eigenvalue weighted by atomic mass is 35.5. The van der Waals surface area contributed by atoms with Crippen molar-refractivity contribution in [3.8, 4) is 6.07 Å². The Morgan fingerprint density at radius 2 is 2.33 bits per heavy atom. The molecule has 0 spiro atoms. The van der Waals surface area contributed by atoms with Gasteiger partial charge in [-0.25, -0.2) is 0 Å². The van der Waals surface area contributed by atoms with E-state index >= 15 is 0 Å². The van der Waals surface area contributed by atoms with Crippen molar-refractivity contribution in [1.29, 1.82) is 5.26 Å². The van der Waals surface area contributed by atoms with Gasteiger partial charge in [0.15, 0.2) is 0 Å².